The molecule has 0 spiro atoms. The zero-order valence-corrected chi connectivity index (χ0v) is 11.7. The fraction of sp³-hybridized carbons (Fsp3) is 1.00. The van der Waals surface area contributed by atoms with Crippen molar-refractivity contribution in [1.82, 2.24) is 4.90 Å². The summed E-state index contributed by atoms with van der Waals surface area (Å²) in [6, 6.07) is 1.43. The van der Waals surface area contributed by atoms with Crippen molar-refractivity contribution in [1.29, 1.82) is 0 Å². The van der Waals surface area contributed by atoms with Crippen molar-refractivity contribution in [3.05, 3.63) is 0 Å². The molecule has 1 aliphatic heterocycles. The molecule has 1 saturated carbocycles. The summed E-state index contributed by atoms with van der Waals surface area (Å²) in [4.78, 5) is 2.73. The Morgan fingerprint density at radius 1 is 1.00 bits per heavy atom. The average Bonchev–Trinajstić information content (AvgIpc) is 2.34. The van der Waals surface area contributed by atoms with Gasteiger partial charge in [-0.15, -0.1) is 0 Å². The van der Waals surface area contributed by atoms with E-state index >= 15 is 0 Å². The van der Waals surface area contributed by atoms with Crippen molar-refractivity contribution in [2.45, 2.75) is 70.9 Å². The van der Waals surface area contributed by atoms with Crippen LogP contribution in [0.15, 0.2) is 0 Å². The van der Waals surface area contributed by atoms with E-state index in [1.807, 2.05) is 0 Å². The molecule has 2 N–H and O–H groups in total. The highest BCUT2D eigenvalue weighted by molar-refractivity contribution is 4.85. The molecular weight excluding hydrogens is 208 g/mol. The monoisotopic (exact) mass is 238 g/mol. The van der Waals surface area contributed by atoms with Gasteiger partial charge in [0.05, 0.1) is 0 Å². The van der Waals surface area contributed by atoms with Gasteiger partial charge in [-0.1, -0.05) is 26.2 Å². The smallest absolute Gasteiger partial charge is 0.0221 e. The van der Waals surface area contributed by atoms with Crippen LogP contribution >= 0.6 is 0 Å². The number of likely N-dealkylation sites (tertiary alicyclic amines) is 1. The molecule has 2 aliphatic rings. The molecule has 2 unspecified atom stereocenters. The van der Waals surface area contributed by atoms with Gasteiger partial charge in [0.2, 0.25) is 0 Å². The zero-order valence-electron chi connectivity index (χ0n) is 11.7. The third-order valence-corrected chi connectivity index (χ3v) is 5.07. The zero-order chi connectivity index (χ0) is 12.3. The third kappa shape index (κ3) is 3.45. The lowest BCUT2D eigenvalue weighted by Crippen LogP contribution is -2.50. The second kappa shape index (κ2) is 6.19. The molecule has 1 aliphatic carbocycles. The fourth-order valence-corrected chi connectivity index (χ4v) is 3.73. The highest BCUT2D eigenvalue weighted by Gasteiger charge is 2.29. The quantitative estimate of drug-likeness (QED) is 0.819. The van der Waals surface area contributed by atoms with Gasteiger partial charge in [0.15, 0.2) is 0 Å². The first-order valence-electron chi connectivity index (χ1n) is 7.66. The number of nitrogens with two attached hydrogens (primary N) is 1. The van der Waals surface area contributed by atoms with Gasteiger partial charge >= 0.3 is 0 Å². The van der Waals surface area contributed by atoms with Gasteiger partial charge in [-0.3, -0.25) is 4.90 Å². The van der Waals surface area contributed by atoms with Gasteiger partial charge in [-0.2, -0.15) is 0 Å². The molecule has 2 rings (SSSR count). The lowest BCUT2D eigenvalue weighted by atomic mass is 9.82. The first-order chi connectivity index (χ1) is 8.20. The second-order valence-corrected chi connectivity index (χ2v) is 6.49. The SMILES string of the molecule is CC1CCC(CN2C(C)CCCC2CN)CC1. The van der Waals surface area contributed by atoms with Crippen LogP contribution in [0.25, 0.3) is 0 Å². The van der Waals surface area contributed by atoms with Crippen molar-refractivity contribution >= 4 is 0 Å². The molecule has 2 nitrogen and oxygen atoms in total. The Morgan fingerprint density at radius 2 is 1.71 bits per heavy atom. The largest absolute Gasteiger partial charge is 0.329 e. The topological polar surface area (TPSA) is 29.3 Å². The third-order valence-electron chi connectivity index (χ3n) is 5.07. The maximum atomic E-state index is 5.94. The Bertz CT molecular complexity index is 221. The summed E-state index contributed by atoms with van der Waals surface area (Å²) in [7, 11) is 0. The Hall–Kier alpha value is -0.0800. The Morgan fingerprint density at radius 3 is 2.35 bits per heavy atom. The van der Waals surface area contributed by atoms with E-state index in [1.165, 1.54) is 51.5 Å². The van der Waals surface area contributed by atoms with Crippen molar-refractivity contribution in [3.8, 4) is 0 Å². The molecule has 2 atom stereocenters. The van der Waals surface area contributed by atoms with Crippen LogP contribution in [0.4, 0.5) is 0 Å². The summed E-state index contributed by atoms with van der Waals surface area (Å²) in [6.45, 7) is 6.97. The standard InChI is InChI=1S/C15H30N2/c1-12-6-8-14(9-7-12)11-17-13(2)4-3-5-15(17)10-16/h12-15H,3-11,16H2,1-2H3. The van der Waals surface area contributed by atoms with Gasteiger partial charge in [0, 0.05) is 25.2 Å². The number of rotatable bonds is 3. The second-order valence-electron chi connectivity index (χ2n) is 6.49. The molecule has 0 amide bonds. The van der Waals surface area contributed by atoms with Crippen molar-refractivity contribution in [2.24, 2.45) is 17.6 Å². The minimum atomic E-state index is 0.665. The molecule has 0 bridgehead atoms. The summed E-state index contributed by atoms with van der Waals surface area (Å²) in [5.41, 5.74) is 5.94. The van der Waals surface area contributed by atoms with E-state index in [4.69, 9.17) is 5.73 Å². The van der Waals surface area contributed by atoms with Gasteiger partial charge < -0.3 is 5.73 Å². The van der Waals surface area contributed by atoms with E-state index in [0.29, 0.717) is 6.04 Å². The summed E-state index contributed by atoms with van der Waals surface area (Å²) < 4.78 is 0. The van der Waals surface area contributed by atoms with Crippen LogP contribution in [0.3, 0.4) is 0 Å². The molecule has 0 aromatic carbocycles. The van der Waals surface area contributed by atoms with Crippen LogP contribution in [-0.4, -0.2) is 30.1 Å². The van der Waals surface area contributed by atoms with E-state index in [1.54, 1.807) is 0 Å². The van der Waals surface area contributed by atoms with Gasteiger partial charge in [-0.25, -0.2) is 0 Å². The highest BCUT2D eigenvalue weighted by Crippen LogP contribution is 2.31. The maximum Gasteiger partial charge on any atom is 0.0221 e. The minimum Gasteiger partial charge on any atom is -0.329 e. The Balaban J connectivity index is 1.86. The maximum absolute atomic E-state index is 5.94. The van der Waals surface area contributed by atoms with Crippen LogP contribution in [0, 0.1) is 11.8 Å². The van der Waals surface area contributed by atoms with Crippen LogP contribution in [0.1, 0.15) is 58.8 Å². The molecule has 2 fully saturated rings. The van der Waals surface area contributed by atoms with Crippen molar-refractivity contribution < 1.29 is 0 Å². The van der Waals surface area contributed by atoms with E-state index in [2.05, 4.69) is 18.7 Å². The average molecular weight is 238 g/mol. The van der Waals surface area contributed by atoms with Crippen LogP contribution < -0.4 is 5.73 Å². The minimum absolute atomic E-state index is 0.665. The summed E-state index contributed by atoms with van der Waals surface area (Å²) in [5, 5.41) is 0. The van der Waals surface area contributed by atoms with E-state index in [-0.39, 0.29) is 0 Å². The summed E-state index contributed by atoms with van der Waals surface area (Å²) in [6.07, 6.45) is 9.86. The number of nitrogens with zero attached hydrogens (tertiary/aromatic N) is 1. The molecule has 0 radical (unpaired) electrons. The van der Waals surface area contributed by atoms with Crippen molar-refractivity contribution in [2.75, 3.05) is 13.1 Å². The Kier molecular flexibility index (Phi) is 4.87. The molecule has 0 aromatic heterocycles. The fourth-order valence-electron chi connectivity index (χ4n) is 3.73. The highest BCUT2D eigenvalue weighted by atomic mass is 15.2. The first-order valence-corrected chi connectivity index (χ1v) is 7.66. The van der Waals surface area contributed by atoms with Crippen LogP contribution in [0.2, 0.25) is 0 Å². The van der Waals surface area contributed by atoms with Crippen molar-refractivity contribution in [3.63, 3.8) is 0 Å². The van der Waals surface area contributed by atoms with Gasteiger partial charge in [0.1, 0.15) is 0 Å². The van der Waals surface area contributed by atoms with Gasteiger partial charge in [-0.05, 0) is 44.4 Å². The lowest BCUT2D eigenvalue weighted by Gasteiger charge is -2.43. The lowest BCUT2D eigenvalue weighted by molar-refractivity contribution is 0.0669. The van der Waals surface area contributed by atoms with E-state index in [9.17, 15) is 0 Å². The molecule has 17 heavy (non-hydrogen) atoms. The predicted octanol–water partition coefficient (Wildman–Crippen LogP) is 3.01. The molecule has 2 heteroatoms. The van der Waals surface area contributed by atoms with Crippen LogP contribution in [0.5, 0.6) is 0 Å². The van der Waals surface area contributed by atoms with Gasteiger partial charge in [0.25, 0.3) is 0 Å². The molecule has 1 saturated heterocycles. The number of hydrogen-bond acceptors (Lipinski definition) is 2. The summed E-state index contributed by atoms with van der Waals surface area (Å²) >= 11 is 0. The number of piperidine rings is 1. The molecule has 0 aromatic rings. The molecule has 100 valence electrons. The summed E-state index contributed by atoms with van der Waals surface area (Å²) in [5.74, 6) is 1.91. The Labute approximate surface area is 107 Å². The molecular formula is C15H30N2. The van der Waals surface area contributed by atoms with Crippen LogP contribution in [-0.2, 0) is 0 Å². The predicted molar refractivity (Wildman–Crippen MR) is 74.0 cm³/mol. The normalized spacial score (nSPS) is 40.4. The first kappa shape index (κ1) is 13.4. The van der Waals surface area contributed by atoms with E-state index < -0.39 is 0 Å². The van der Waals surface area contributed by atoms with E-state index in [0.717, 1.165) is 24.4 Å². The molecule has 1 heterocycles. The number of hydrogen-bond donors (Lipinski definition) is 1.